The van der Waals surface area contributed by atoms with Gasteiger partial charge in [-0.3, -0.25) is 9.59 Å². The molecule has 156 valence electrons. The lowest BCUT2D eigenvalue weighted by Crippen LogP contribution is -2.48. The van der Waals surface area contributed by atoms with Gasteiger partial charge in [0.2, 0.25) is 5.91 Å². The van der Waals surface area contributed by atoms with E-state index in [0.717, 1.165) is 5.56 Å². The Balaban J connectivity index is 1.25. The van der Waals surface area contributed by atoms with Crippen LogP contribution in [0.3, 0.4) is 0 Å². The molecule has 1 aromatic carbocycles. The maximum Gasteiger partial charge on any atom is 0.250 e. The first kappa shape index (κ1) is 19.8. The molecule has 2 amide bonds. The smallest absolute Gasteiger partial charge is 0.250 e. The number of carbonyl (C=O) groups excluding carboxylic acids is 2. The summed E-state index contributed by atoms with van der Waals surface area (Å²) in [7, 11) is 0. The number of rotatable bonds is 6. The molecule has 3 aliphatic heterocycles. The molecule has 0 aliphatic carbocycles. The Hall–Kier alpha value is -2.49. The van der Waals surface area contributed by atoms with Crippen LogP contribution in [0.1, 0.15) is 24.4 Å². The van der Waals surface area contributed by atoms with E-state index in [4.69, 9.17) is 9.47 Å². The molecule has 2 N–H and O–H groups in total. The first-order chi connectivity index (χ1) is 14.1. The number of hydrogen-bond acceptors (Lipinski definition) is 6. The summed E-state index contributed by atoms with van der Waals surface area (Å²) in [6.45, 7) is 2.33. The molecule has 1 aromatic rings. The van der Waals surface area contributed by atoms with Gasteiger partial charge in [0.15, 0.2) is 0 Å². The number of hydrazine groups is 1. The highest BCUT2D eigenvalue weighted by molar-refractivity contribution is 5.85. The number of hydrogen-bond donors (Lipinski definition) is 2. The third-order valence-corrected chi connectivity index (χ3v) is 5.34. The molecular weight excluding hydrogens is 379 g/mol. The number of ether oxygens (including phenoxy) is 2. The summed E-state index contributed by atoms with van der Waals surface area (Å²) in [6.07, 6.45) is 4.16. The van der Waals surface area contributed by atoms with Gasteiger partial charge < -0.3 is 24.7 Å². The van der Waals surface area contributed by atoms with Crippen LogP contribution in [0.4, 0.5) is 4.39 Å². The minimum atomic E-state index is -0.342. The summed E-state index contributed by atoms with van der Waals surface area (Å²) in [4.78, 5) is 26.5. The molecule has 0 saturated carbocycles. The van der Waals surface area contributed by atoms with Crippen molar-refractivity contribution in [3.05, 3.63) is 48.0 Å². The lowest BCUT2D eigenvalue weighted by atomic mass is 10.0. The van der Waals surface area contributed by atoms with Gasteiger partial charge in [-0.15, -0.1) is 0 Å². The summed E-state index contributed by atoms with van der Waals surface area (Å²) < 4.78 is 23.9. The molecule has 0 bridgehead atoms. The first-order valence-corrected chi connectivity index (χ1v) is 9.85. The summed E-state index contributed by atoms with van der Waals surface area (Å²) in [5.41, 5.74) is 4.20. The van der Waals surface area contributed by atoms with Crippen molar-refractivity contribution in [3.63, 3.8) is 0 Å². The topological polar surface area (TPSA) is 83.1 Å². The van der Waals surface area contributed by atoms with Gasteiger partial charge >= 0.3 is 0 Å². The van der Waals surface area contributed by atoms with E-state index in [1.807, 2.05) is 0 Å². The van der Waals surface area contributed by atoms with Crippen molar-refractivity contribution in [1.82, 2.24) is 20.7 Å². The average Bonchev–Trinajstić information content (AvgIpc) is 3.18. The quantitative estimate of drug-likeness (QED) is 0.726. The number of amides is 2. The highest BCUT2D eigenvalue weighted by Gasteiger charge is 2.39. The molecule has 4 rings (SSSR count). The fraction of sp³-hybridized carbons (Fsp3) is 0.500. The molecule has 2 fully saturated rings. The van der Waals surface area contributed by atoms with Gasteiger partial charge in [0.25, 0.3) is 5.91 Å². The van der Waals surface area contributed by atoms with Gasteiger partial charge in [0.1, 0.15) is 11.9 Å². The van der Waals surface area contributed by atoms with Crippen LogP contribution in [0.15, 0.2) is 36.7 Å². The van der Waals surface area contributed by atoms with E-state index in [-0.39, 0.29) is 42.2 Å². The van der Waals surface area contributed by atoms with Crippen LogP contribution in [0, 0.1) is 5.82 Å². The fourth-order valence-electron chi connectivity index (χ4n) is 3.73. The summed E-state index contributed by atoms with van der Waals surface area (Å²) in [5.74, 6) is -0.467. The molecule has 9 heteroatoms. The van der Waals surface area contributed by atoms with Crippen LogP contribution in [0.25, 0.3) is 0 Å². The molecule has 2 saturated heterocycles. The highest BCUT2D eigenvalue weighted by Crippen LogP contribution is 2.30. The Morgan fingerprint density at radius 1 is 1.24 bits per heavy atom. The van der Waals surface area contributed by atoms with Crippen molar-refractivity contribution in [2.45, 2.75) is 31.0 Å². The van der Waals surface area contributed by atoms with Crippen LogP contribution in [0.5, 0.6) is 0 Å². The molecule has 0 radical (unpaired) electrons. The minimum absolute atomic E-state index is 0.0542. The van der Waals surface area contributed by atoms with Gasteiger partial charge in [0, 0.05) is 31.9 Å². The van der Waals surface area contributed by atoms with Gasteiger partial charge in [0.05, 0.1) is 32.0 Å². The zero-order chi connectivity index (χ0) is 20.2. The largest absolute Gasteiger partial charge is 0.376 e. The second-order valence-corrected chi connectivity index (χ2v) is 7.34. The average molecular weight is 404 g/mol. The van der Waals surface area contributed by atoms with Crippen molar-refractivity contribution < 1.29 is 23.5 Å². The van der Waals surface area contributed by atoms with Crippen molar-refractivity contribution in [2.75, 3.05) is 32.9 Å². The molecule has 8 nitrogen and oxygen atoms in total. The van der Waals surface area contributed by atoms with E-state index in [9.17, 15) is 14.0 Å². The zero-order valence-corrected chi connectivity index (χ0v) is 16.1. The van der Waals surface area contributed by atoms with E-state index in [0.29, 0.717) is 39.3 Å². The number of nitrogens with zero attached hydrogens (tertiary/aromatic N) is 2. The zero-order valence-electron chi connectivity index (χ0n) is 16.1. The second kappa shape index (κ2) is 8.89. The SMILES string of the molecule is O=C(CCN1C=CN2NC(c3ccc(F)cc3)CC2C1=O)NCC1COCCO1. The van der Waals surface area contributed by atoms with Crippen molar-refractivity contribution in [3.8, 4) is 0 Å². The monoisotopic (exact) mass is 404 g/mol. The molecule has 0 spiro atoms. The van der Waals surface area contributed by atoms with Crippen molar-refractivity contribution in [1.29, 1.82) is 0 Å². The highest BCUT2D eigenvalue weighted by atomic mass is 19.1. The van der Waals surface area contributed by atoms with Crippen LogP contribution in [-0.2, 0) is 19.1 Å². The Bertz CT molecular complexity index is 766. The molecule has 29 heavy (non-hydrogen) atoms. The Morgan fingerprint density at radius 3 is 2.83 bits per heavy atom. The number of benzene rings is 1. The lowest BCUT2D eigenvalue weighted by Gasteiger charge is -2.31. The molecule has 3 heterocycles. The predicted molar refractivity (Wildman–Crippen MR) is 102 cm³/mol. The normalized spacial score (nSPS) is 26.5. The van der Waals surface area contributed by atoms with E-state index < -0.39 is 0 Å². The van der Waals surface area contributed by atoms with Crippen LogP contribution in [0.2, 0.25) is 0 Å². The third-order valence-electron chi connectivity index (χ3n) is 5.34. The molecule has 3 atom stereocenters. The third kappa shape index (κ3) is 4.75. The molecule has 0 aromatic heterocycles. The Morgan fingerprint density at radius 2 is 2.07 bits per heavy atom. The van der Waals surface area contributed by atoms with Crippen molar-refractivity contribution >= 4 is 11.8 Å². The number of nitrogens with one attached hydrogen (secondary N) is 2. The first-order valence-electron chi connectivity index (χ1n) is 9.85. The Kier molecular flexibility index (Phi) is 6.08. The molecule has 3 unspecified atom stereocenters. The van der Waals surface area contributed by atoms with E-state index in [1.165, 1.54) is 12.1 Å². The Labute approximate surface area is 168 Å². The number of halogens is 1. The van der Waals surface area contributed by atoms with Gasteiger partial charge in [-0.1, -0.05) is 12.1 Å². The van der Waals surface area contributed by atoms with E-state index in [2.05, 4.69) is 10.7 Å². The van der Waals surface area contributed by atoms with E-state index in [1.54, 1.807) is 34.4 Å². The summed E-state index contributed by atoms with van der Waals surface area (Å²) >= 11 is 0. The van der Waals surface area contributed by atoms with Gasteiger partial charge in [-0.2, -0.15) is 0 Å². The summed E-state index contributed by atoms with van der Waals surface area (Å²) in [6, 6.07) is 5.88. The number of fused-ring (bicyclic) bond motifs is 1. The van der Waals surface area contributed by atoms with Crippen LogP contribution in [-0.4, -0.2) is 66.8 Å². The molecular formula is C20H25FN4O4. The lowest BCUT2D eigenvalue weighted by molar-refractivity contribution is -0.135. The second-order valence-electron chi connectivity index (χ2n) is 7.34. The molecule has 3 aliphatic rings. The minimum Gasteiger partial charge on any atom is -0.376 e. The maximum absolute atomic E-state index is 13.1. The number of carbonyl (C=O) groups is 2. The summed E-state index contributed by atoms with van der Waals surface area (Å²) in [5, 5.41) is 4.61. The van der Waals surface area contributed by atoms with Crippen LogP contribution < -0.4 is 10.7 Å². The van der Waals surface area contributed by atoms with Crippen LogP contribution >= 0.6 is 0 Å². The van der Waals surface area contributed by atoms with Gasteiger partial charge in [-0.05, 0) is 24.1 Å². The maximum atomic E-state index is 13.1. The van der Waals surface area contributed by atoms with Gasteiger partial charge in [-0.25, -0.2) is 9.82 Å². The predicted octanol–water partition coefficient (Wildman–Crippen LogP) is 0.681. The fourth-order valence-corrected chi connectivity index (χ4v) is 3.73. The standard InChI is InChI=1S/C20H25FN4O4/c21-15-3-1-14(2-4-15)17-11-18-20(27)24(7-8-25(18)23-17)6-5-19(26)22-12-16-13-28-9-10-29-16/h1-4,7-8,16-18,23H,5-6,9-13H2,(H,22,26). The van der Waals surface area contributed by atoms with Crippen molar-refractivity contribution in [2.24, 2.45) is 0 Å². The van der Waals surface area contributed by atoms with E-state index >= 15 is 0 Å².